The predicted octanol–water partition coefficient (Wildman–Crippen LogP) is 1.56. The molecule has 1 aromatic carbocycles. The number of aliphatic imine (C=N–C) groups is 1. The Morgan fingerprint density at radius 2 is 2.05 bits per heavy atom. The molecule has 2 aliphatic rings. The van der Waals surface area contributed by atoms with Crippen LogP contribution in [0.5, 0.6) is 0 Å². The molecule has 0 unspecified atom stereocenters. The SMILES string of the molecule is C1=NCc2ccc(Nc3ccnc(N4CCNCC4)n3)cc21. The number of hydrogen-bond donors (Lipinski definition) is 2. The highest BCUT2D eigenvalue weighted by atomic mass is 15.3. The van der Waals surface area contributed by atoms with Crippen LogP contribution >= 0.6 is 0 Å². The van der Waals surface area contributed by atoms with Gasteiger partial charge in [0.15, 0.2) is 0 Å². The van der Waals surface area contributed by atoms with Gasteiger partial charge < -0.3 is 15.5 Å². The molecule has 0 saturated carbocycles. The minimum atomic E-state index is 0.786. The van der Waals surface area contributed by atoms with E-state index >= 15 is 0 Å². The second kappa shape index (κ2) is 5.73. The summed E-state index contributed by atoms with van der Waals surface area (Å²) < 4.78 is 0. The molecule has 1 saturated heterocycles. The van der Waals surface area contributed by atoms with Crippen molar-refractivity contribution >= 4 is 23.7 Å². The van der Waals surface area contributed by atoms with Gasteiger partial charge in [-0.05, 0) is 29.3 Å². The molecule has 2 aliphatic heterocycles. The van der Waals surface area contributed by atoms with E-state index in [9.17, 15) is 0 Å². The summed E-state index contributed by atoms with van der Waals surface area (Å²) >= 11 is 0. The zero-order valence-corrected chi connectivity index (χ0v) is 12.3. The van der Waals surface area contributed by atoms with E-state index in [1.165, 1.54) is 11.1 Å². The Kier molecular flexibility index (Phi) is 3.44. The van der Waals surface area contributed by atoms with Crippen molar-refractivity contribution in [3.05, 3.63) is 41.6 Å². The van der Waals surface area contributed by atoms with E-state index < -0.39 is 0 Å². The van der Waals surface area contributed by atoms with Gasteiger partial charge in [-0.15, -0.1) is 0 Å². The molecular formula is C16H18N6. The summed E-state index contributed by atoms with van der Waals surface area (Å²) in [5, 5.41) is 6.70. The molecule has 0 bridgehead atoms. The molecule has 1 aromatic heterocycles. The number of rotatable bonds is 3. The van der Waals surface area contributed by atoms with Crippen LogP contribution in [0.2, 0.25) is 0 Å². The number of hydrogen-bond acceptors (Lipinski definition) is 6. The third-order valence-electron chi connectivity index (χ3n) is 3.95. The van der Waals surface area contributed by atoms with Crippen LogP contribution in [0.1, 0.15) is 11.1 Å². The van der Waals surface area contributed by atoms with Crippen LogP contribution in [0.3, 0.4) is 0 Å². The van der Waals surface area contributed by atoms with Crippen LogP contribution in [0.25, 0.3) is 0 Å². The van der Waals surface area contributed by atoms with Crippen molar-refractivity contribution in [2.45, 2.75) is 6.54 Å². The van der Waals surface area contributed by atoms with E-state index in [1.807, 2.05) is 18.5 Å². The second-order valence-corrected chi connectivity index (χ2v) is 5.49. The first-order valence-electron chi connectivity index (χ1n) is 7.57. The molecule has 2 N–H and O–H groups in total. The smallest absolute Gasteiger partial charge is 0.227 e. The molecule has 3 heterocycles. The third kappa shape index (κ3) is 2.65. The molecule has 0 spiro atoms. The van der Waals surface area contributed by atoms with Crippen LogP contribution in [-0.2, 0) is 6.54 Å². The number of piperazine rings is 1. The van der Waals surface area contributed by atoms with Crippen LogP contribution in [0.4, 0.5) is 17.5 Å². The normalized spacial score (nSPS) is 16.6. The van der Waals surface area contributed by atoms with Crippen molar-refractivity contribution in [2.75, 3.05) is 36.4 Å². The maximum atomic E-state index is 4.63. The van der Waals surface area contributed by atoms with Crippen LogP contribution in [0, 0.1) is 0 Å². The summed E-state index contributed by atoms with van der Waals surface area (Å²) in [6.45, 7) is 4.63. The highest BCUT2D eigenvalue weighted by Gasteiger charge is 2.13. The summed E-state index contributed by atoms with van der Waals surface area (Å²) in [5.41, 5.74) is 3.48. The number of anilines is 3. The largest absolute Gasteiger partial charge is 0.340 e. The Morgan fingerprint density at radius 3 is 2.95 bits per heavy atom. The molecule has 0 radical (unpaired) electrons. The van der Waals surface area contributed by atoms with Crippen molar-refractivity contribution in [1.82, 2.24) is 15.3 Å². The van der Waals surface area contributed by atoms with E-state index in [0.29, 0.717) is 0 Å². The fourth-order valence-electron chi connectivity index (χ4n) is 2.76. The number of aromatic nitrogens is 2. The van der Waals surface area contributed by atoms with E-state index in [2.05, 4.69) is 48.7 Å². The second-order valence-electron chi connectivity index (χ2n) is 5.49. The van der Waals surface area contributed by atoms with E-state index in [-0.39, 0.29) is 0 Å². The predicted molar refractivity (Wildman–Crippen MR) is 88.1 cm³/mol. The molecule has 0 amide bonds. The maximum Gasteiger partial charge on any atom is 0.227 e. The summed E-state index contributed by atoms with van der Waals surface area (Å²) in [6, 6.07) is 8.19. The Hall–Kier alpha value is -2.47. The van der Waals surface area contributed by atoms with Crippen LogP contribution in [0.15, 0.2) is 35.5 Å². The van der Waals surface area contributed by atoms with Crippen molar-refractivity contribution in [3.8, 4) is 0 Å². The van der Waals surface area contributed by atoms with Crippen LogP contribution in [-0.4, -0.2) is 42.4 Å². The van der Waals surface area contributed by atoms with Crippen molar-refractivity contribution in [2.24, 2.45) is 4.99 Å². The molecule has 0 atom stereocenters. The zero-order valence-electron chi connectivity index (χ0n) is 12.3. The minimum absolute atomic E-state index is 0.786. The van der Waals surface area contributed by atoms with Crippen molar-refractivity contribution in [3.63, 3.8) is 0 Å². The van der Waals surface area contributed by atoms with Crippen molar-refractivity contribution < 1.29 is 0 Å². The van der Waals surface area contributed by atoms with Gasteiger partial charge in [-0.3, -0.25) is 4.99 Å². The lowest BCUT2D eigenvalue weighted by Gasteiger charge is -2.27. The standard InChI is InChI=1S/C16H18N6/c1-2-14(9-13-11-18-10-12(1)13)20-15-3-4-19-16(21-15)22-7-5-17-6-8-22/h1-4,9,11,17H,5-8,10H2,(H,19,20,21). The van der Waals surface area contributed by atoms with E-state index in [0.717, 1.165) is 50.2 Å². The Morgan fingerprint density at radius 1 is 1.14 bits per heavy atom. The summed E-state index contributed by atoms with van der Waals surface area (Å²) in [7, 11) is 0. The molecule has 1 fully saturated rings. The quantitative estimate of drug-likeness (QED) is 0.899. The number of fused-ring (bicyclic) bond motifs is 1. The van der Waals surface area contributed by atoms with Gasteiger partial charge in [-0.1, -0.05) is 6.07 Å². The number of nitrogens with zero attached hydrogens (tertiary/aromatic N) is 4. The minimum Gasteiger partial charge on any atom is -0.340 e. The lowest BCUT2D eigenvalue weighted by Crippen LogP contribution is -2.44. The average molecular weight is 294 g/mol. The third-order valence-corrected chi connectivity index (χ3v) is 3.95. The highest BCUT2D eigenvalue weighted by Crippen LogP contribution is 2.22. The van der Waals surface area contributed by atoms with E-state index in [4.69, 9.17) is 0 Å². The van der Waals surface area contributed by atoms with Gasteiger partial charge in [0.05, 0.1) is 6.54 Å². The van der Waals surface area contributed by atoms with Gasteiger partial charge in [0.2, 0.25) is 5.95 Å². The molecule has 6 heteroatoms. The molecule has 0 aliphatic carbocycles. The molecule has 22 heavy (non-hydrogen) atoms. The summed E-state index contributed by atoms with van der Waals surface area (Å²) in [6.07, 6.45) is 3.73. The van der Waals surface area contributed by atoms with Crippen LogP contribution < -0.4 is 15.5 Å². The summed E-state index contributed by atoms with van der Waals surface area (Å²) in [5.74, 6) is 1.60. The highest BCUT2D eigenvalue weighted by molar-refractivity contribution is 5.86. The van der Waals surface area contributed by atoms with Crippen molar-refractivity contribution in [1.29, 1.82) is 0 Å². The Balaban J connectivity index is 1.54. The number of benzene rings is 1. The lowest BCUT2D eigenvalue weighted by atomic mass is 10.1. The number of nitrogens with one attached hydrogen (secondary N) is 2. The zero-order chi connectivity index (χ0) is 14.8. The molecular weight excluding hydrogens is 276 g/mol. The fourth-order valence-corrected chi connectivity index (χ4v) is 2.76. The Labute approximate surface area is 129 Å². The average Bonchev–Trinajstić information content (AvgIpc) is 3.04. The molecule has 4 rings (SSSR count). The topological polar surface area (TPSA) is 65.4 Å². The molecule has 112 valence electrons. The monoisotopic (exact) mass is 294 g/mol. The first-order chi connectivity index (χ1) is 10.9. The van der Waals surface area contributed by atoms with Gasteiger partial charge in [0.1, 0.15) is 5.82 Å². The first-order valence-corrected chi connectivity index (χ1v) is 7.57. The molecule has 2 aromatic rings. The maximum absolute atomic E-state index is 4.63. The summed E-state index contributed by atoms with van der Waals surface area (Å²) in [4.78, 5) is 15.5. The molecule has 6 nitrogen and oxygen atoms in total. The fraction of sp³-hybridized carbons (Fsp3) is 0.312. The van der Waals surface area contributed by atoms with Gasteiger partial charge in [0, 0.05) is 44.3 Å². The van der Waals surface area contributed by atoms with E-state index in [1.54, 1.807) is 0 Å². The van der Waals surface area contributed by atoms with Gasteiger partial charge in [-0.2, -0.15) is 4.98 Å². The Bertz CT molecular complexity index is 706. The van der Waals surface area contributed by atoms with Gasteiger partial charge >= 0.3 is 0 Å². The lowest BCUT2D eigenvalue weighted by molar-refractivity contribution is 0.580. The first kappa shape index (κ1) is 13.2. The van der Waals surface area contributed by atoms with Gasteiger partial charge in [0.25, 0.3) is 0 Å². The van der Waals surface area contributed by atoms with Gasteiger partial charge in [-0.25, -0.2) is 4.98 Å².